The smallest absolute Gasteiger partial charge is 0.251 e. The van der Waals surface area contributed by atoms with E-state index in [9.17, 15) is 8.78 Å². The molecule has 5 heterocycles. The molecule has 0 aliphatic carbocycles. The molecule has 1 saturated heterocycles. The van der Waals surface area contributed by atoms with Gasteiger partial charge in [0, 0.05) is 36.3 Å². The van der Waals surface area contributed by atoms with Crippen molar-refractivity contribution in [3.63, 3.8) is 0 Å². The van der Waals surface area contributed by atoms with Gasteiger partial charge in [-0.2, -0.15) is 5.10 Å². The zero-order valence-corrected chi connectivity index (χ0v) is 20.8. The molecule has 5 rings (SSSR count). The van der Waals surface area contributed by atoms with E-state index in [0.717, 1.165) is 16.8 Å². The summed E-state index contributed by atoms with van der Waals surface area (Å²) >= 11 is 0. The minimum Gasteiger partial charge on any atom is -0.493 e. The zero-order valence-electron chi connectivity index (χ0n) is 20.8. The van der Waals surface area contributed by atoms with Gasteiger partial charge in [0.1, 0.15) is 6.33 Å². The van der Waals surface area contributed by atoms with E-state index in [1.54, 1.807) is 29.8 Å². The Morgan fingerprint density at radius 3 is 2.64 bits per heavy atom. The summed E-state index contributed by atoms with van der Waals surface area (Å²) in [6, 6.07) is 1.92. The number of methoxy groups -OCH3 is 1. The number of hydrogen-bond acceptors (Lipinski definition) is 6. The number of nitrogens with zero attached hydrogens (tertiary/aromatic N) is 6. The Kier molecular flexibility index (Phi) is 6.50. The third-order valence-corrected chi connectivity index (χ3v) is 7.04. The number of piperidine rings is 1. The van der Waals surface area contributed by atoms with Crippen LogP contribution in [0, 0.1) is 5.82 Å². The fraction of sp³-hybridized carbons (Fsp3) is 0.480. The zero-order chi connectivity index (χ0) is 25.6. The van der Waals surface area contributed by atoms with Gasteiger partial charge in [-0.25, -0.2) is 27.7 Å². The van der Waals surface area contributed by atoms with E-state index in [4.69, 9.17) is 4.74 Å². The highest BCUT2D eigenvalue weighted by atomic mass is 19.3. The Morgan fingerprint density at radius 1 is 1.22 bits per heavy atom. The maximum atomic E-state index is 16.1. The largest absolute Gasteiger partial charge is 0.493 e. The summed E-state index contributed by atoms with van der Waals surface area (Å²) in [6.07, 6.45) is 3.96. The highest BCUT2D eigenvalue weighted by Gasteiger charge is 2.29. The first kappa shape index (κ1) is 24.4. The average Bonchev–Trinajstić information content (AvgIpc) is 3.48. The summed E-state index contributed by atoms with van der Waals surface area (Å²) in [6.45, 7) is 4.92. The van der Waals surface area contributed by atoms with Crippen LogP contribution in [0.5, 0.6) is 5.75 Å². The van der Waals surface area contributed by atoms with E-state index in [1.165, 1.54) is 6.33 Å². The first-order valence-electron chi connectivity index (χ1n) is 12.1. The maximum absolute atomic E-state index is 16.1. The molecule has 1 N–H and O–H groups in total. The maximum Gasteiger partial charge on any atom is 0.251 e. The summed E-state index contributed by atoms with van der Waals surface area (Å²) in [4.78, 5) is 15.7. The van der Waals surface area contributed by atoms with Gasteiger partial charge in [0.2, 0.25) is 0 Å². The summed E-state index contributed by atoms with van der Waals surface area (Å²) in [5, 5.41) is 4.76. The van der Waals surface area contributed by atoms with Gasteiger partial charge in [-0.05, 0) is 37.4 Å². The molecule has 1 aliphatic rings. The normalized spacial score (nSPS) is 15.3. The second-order valence-corrected chi connectivity index (χ2v) is 9.63. The summed E-state index contributed by atoms with van der Waals surface area (Å²) < 4.78 is 48.8. The molecule has 0 amide bonds. The highest BCUT2D eigenvalue weighted by Crippen LogP contribution is 2.40. The molecule has 4 aromatic heterocycles. The number of aromatic nitrogens is 5. The fourth-order valence-corrected chi connectivity index (χ4v) is 5.26. The lowest BCUT2D eigenvalue weighted by Crippen LogP contribution is -2.45. The van der Waals surface area contributed by atoms with Gasteiger partial charge in [-0.3, -0.25) is 4.90 Å². The molecular formula is C25H30F3N7O. The first-order valence-corrected chi connectivity index (χ1v) is 12.1. The summed E-state index contributed by atoms with van der Waals surface area (Å²) in [7, 11) is 3.30. The van der Waals surface area contributed by atoms with Crippen LogP contribution in [-0.4, -0.2) is 75.7 Å². The van der Waals surface area contributed by atoms with Crippen molar-refractivity contribution in [1.82, 2.24) is 29.5 Å². The molecule has 8 nitrogen and oxygen atoms in total. The highest BCUT2D eigenvalue weighted by molar-refractivity contribution is 5.93. The number of H-pyrrole nitrogens is 1. The lowest BCUT2D eigenvalue weighted by Gasteiger charge is -2.37. The van der Waals surface area contributed by atoms with E-state index in [0.29, 0.717) is 54.0 Å². The fourth-order valence-electron chi connectivity index (χ4n) is 5.26. The van der Waals surface area contributed by atoms with Crippen LogP contribution in [-0.2, 0) is 0 Å². The first-order chi connectivity index (χ1) is 17.3. The third-order valence-electron chi connectivity index (χ3n) is 7.04. The van der Waals surface area contributed by atoms with Gasteiger partial charge < -0.3 is 14.6 Å². The van der Waals surface area contributed by atoms with Crippen molar-refractivity contribution in [1.29, 1.82) is 0 Å². The summed E-state index contributed by atoms with van der Waals surface area (Å²) in [5.74, 6) is 0.517. The quantitative estimate of drug-likeness (QED) is 0.395. The van der Waals surface area contributed by atoms with Crippen LogP contribution in [0.4, 0.5) is 19.0 Å². The summed E-state index contributed by atoms with van der Waals surface area (Å²) in [5.41, 5.74) is 3.63. The molecule has 0 unspecified atom stereocenters. The number of hydrogen-bond donors (Lipinski definition) is 1. The minimum atomic E-state index is -2.36. The van der Waals surface area contributed by atoms with Gasteiger partial charge >= 0.3 is 0 Å². The second kappa shape index (κ2) is 9.61. The number of ether oxygens (including phenoxy) is 1. The van der Waals surface area contributed by atoms with E-state index in [1.807, 2.05) is 31.0 Å². The molecule has 4 aromatic rings. The van der Waals surface area contributed by atoms with Crippen LogP contribution >= 0.6 is 0 Å². The average molecular weight is 502 g/mol. The van der Waals surface area contributed by atoms with Crippen molar-refractivity contribution >= 4 is 22.4 Å². The van der Waals surface area contributed by atoms with Crippen LogP contribution in [0.3, 0.4) is 0 Å². The van der Waals surface area contributed by atoms with Gasteiger partial charge in [0.15, 0.2) is 23.0 Å². The van der Waals surface area contributed by atoms with Crippen molar-refractivity contribution in [2.45, 2.75) is 45.1 Å². The topological polar surface area (TPSA) is 74.6 Å². The second-order valence-electron chi connectivity index (χ2n) is 9.63. The Labute approximate surface area is 207 Å². The van der Waals surface area contributed by atoms with Crippen molar-refractivity contribution < 1.29 is 17.9 Å². The molecule has 0 spiro atoms. The molecule has 1 fully saturated rings. The van der Waals surface area contributed by atoms with Gasteiger partial charge in [-0.15, -0.1) is 0 Å². The standard InChI is InChI=1S/C25H30F3N7O/c1-14(2)20-21-17(32-23(20)15-9-18(36-4)24-30-13-31-35(24)11-15)10-29-25(22(21)28)34-7-5-16(6-8-34)33(3)12-19(26)27/h9-11,13-14,16,19,32H,5-8,12H2,1-4H3. The van der Waals surface area contributed by atoms with Crippen molar-refractivity contribution in [2.24, 2.45) is 0 Å². The van der Waals surface area contributed by atoms with Crippen LogP contribution in [0.2, 0.25) is 0 Å². The minimum absolute atomic E-state index is 0.0182. The van der Waals surface area contributed by atoms with Gasteiger partial charge in [0.25, 0.3) is 6.43 Å². The number of halogens is 3. The van der Waals surface area contributed by atoms with Crippen molar-refractivity contribution in [2.75, 3.05) is 38.7 Å². The molecule has 1 aliphatic heterocycles. The molecule has 0 atom stereocenters. The van der Waals surface area contributed by atoms with Crippen molar-refractivity contribution in [3.8, 4) is 17.0 Å². The van der Waals surface area contributed by atoms with E-state index in [2.05, 4.69) is 20.1 Å². The van der Waals surface area contributed by atoms with Crippen LogP contribution in [0.15, 0.2) is 24.8 Å². The molecule has 192 valence electrons. The SMILES string of the molecule is COc1cc(-c2[nH]c3cnc(N4CCC(N(C)CC(F)F)CC4)c(F)c3c2C(C)C)cn2ncnc12. The monoisotopic (exact) mass is 501 g/mol. The number of anilines is 1. The number of fused-ring (bicyclic) bond motifs is 2. The molecule has 11 heteroatoms. The van der Waals surface area contributed by atoms with E-state index < -0.39 is 6.43 Å². The number of pyridine rings is 2. The number of rotatable bonds is 7. The molecule has 0 radical (unpaired) electrons. The number of nitrogens with one attached hydrogen (secondary N) is 1. The molecular weight excluding hydrogens is 471 g/mol. The predicted octanol–water partition coefficient (Wildman–Crippen LogP) is 4.71. The Balaban J connectivity index is 1.52. The molecule has 36 heavy (non-hydrogen) atoms. The van der Waals surface area contributed by atoms with Crippen LogP contribution in [0.1, 0.15) is 38.2 Å². The van der Waals surface area contributed by atoms with E-state index >= 15 is 4.39 Å². The molecule has 0 aromatic carbocycles. The number of aromatic amines is 1. The number of alkyl halides is 2. The predicted molar refractivity (Wildman–Crippen MR) is 133 cm³/mol. The molecule has 0 saturated carbocycles. The van der Waals surface area contributed by atoms with Crippen molar-refractivity contribution in [3.05, 3.63) is 36.2 Å². The third kappa shape index (κ3) is 4.25. The Bertz CT molecular complexity index is 1380. The van der Waals surface area contributed by atoms with Crippen LogP contribution < -0.4 is 9.64 Å². The lowest BCUT2D eigenvalue weighted by molar-refractivity contribution is 0.0743. The van der Waals surface area contributed by atoms with E-state index in [-0.39, 0.29) is 24.3 Å². The Hall–Kier alpha value is -3.34. The lowest BCUT2D eigenvalue weighted by atomic mass is 9.96. The van der Waals surface area contributed by atoms with Gasteiger partial charge in [0.05, 0.1) is 31.1 Å². The Morgan fingerprint density at radius 2 is 1.97 bits per heavy atom. The molecule has 0 bridgehead atoms. The van der Waals surface area contributed by atoms with Crippen LogP contribution in [0.25, 0.3) is 27.8 Å². The van der Waals surface area contributed by atoms with Gasteiger partial charge in [-0.1, -0.05) is 13.8 Å².